The molecule has 0 aromatic heterocycles. The first kappa shape index (κ1) is 13.7. The number of fused-ring (bicyclic) bond motifs is 8. The molecule has 3 aliphatic carbocycles. The van der Waals surface area contributed by atoms with Crippen molar-refractivity contribution in [2.75, 3.05) is 0 Å². The molecule has 1 heterocycles. The van der Waals surface area contributed by atoms with Crippen LogP contribution < -0.4 is 0 Å². The molecule has 120 valence electrons. The number of hydrogen-bond donors (Lipinski definition) is 0. The van der Waals surface area contributed by atoms with Crippen LogP contribution >= 0.6 is 0 Å². The Kier molecular flexibility index (Phi) is 2.65. The summed E-state index contributed by atoms with van der Waals surface area (Å²) in [5, 5.41) is 8.47. The molecular formula is C17H19N3O2S. The summed E-state index contributed by atoms with van der Waals surface area (Å²) < 4.78 is 27.3. The van der Waals surface area contributed by atoms with Gasteiger partial charge in [0.25, 0.3) is 10.0 Å². The largest absolute Gasteiger partial charge is 0.280 e. The first-order valence-corrected chi connectivity index (χ1v) is 9.70. The summed E-state index contributed by atoms with van der Waals surface area (Å²) in [6.45, 7) is 1.95. The van der Waals surface area contributed by atoms with E-state index in [1.165, 1.54) is 4.41 Å². The first-order chi connectivity index (χ1) is 11.1. The second kappa shape index (κ2) is 4.44. The molecule has 1 aliphatic heterocycles. The van der Waals surface area contributed by atoms with Crippen LogP contribution in [0.4, 0.5) is 0 Å². The number of hydrogen-bond acceptors (Lipinski definition) is 4. The highest BCUT2D eigenvalue weighted by atomic mass is 32.2. The van der Waals surface area contributed by atoms with Gasteiger partial charge in [0.1, 0.15) is 0 Å². The minimum Gasteiger partial charge on any atom is -0.200 e. The Labute approximate surface area is 136 Å². The van der Waals surface area contributed by atoms with Gasteiger partial charge in [0.2, 0.25) is 0 Å². The number of nitrogens with zero attached hydrogens (tertiary/aromatic N) is 3. The zero-order valence-corrected chi connectivity index (χ0v) is 13.7. The maximum atomic E-state index is 13.0. The lowest BCUT2D eigenvalue weighted by molar-refractivity contribution is 0.177. The lowest BCUT2D eigenvalue weighted by Gasteiger charge is -2.35. The summed E-state index contributed by atoms with van der Waals surface area (Å²) in [6.07, 6.45) is 6.74. The molecule has 5 nitrogen and oxygen atoms in total. The average molecular weight is 329 g/mol. The number of sulfonamides is 1. The average Bonchev–Trinajstić information content (AvgIpc) is 3.25. The van der Waals surface area contributed by atoms with Gasteiger partial charge in [-0.3, -0.25) is 0 Å². The zero-order valence-electron chi connectivity index (χ0n) is 12.9. The van der Waals surface area contributed by atoms with Crippen LogP contribution in [0.5, 0.6) is 0 Å². The van der Waals surface area contributed by atoms with Crippen LogP contribution in [0.3, 0.4) is 0 Å². The molecule has 0 radical (unpaired) electrons. The summed E-state index contributed by atoms with van der Waals surface area (Å²) in [4.78, 5) is 0.312. The quantitative estimate of drug-likeness (QED) is 0.783. The van der Waals surface area contributed by atoms with E-state index in [1.807, 2.05) is 19.1 Å². The van der Waals surface area contributed by atoms with E-state index in [0.717, 1.165) is 18.4 Å². The number of allylic oxidation sites excluding steroid dienone is 2. The third-order valence-electron chi connectivity index (χ3n) is 6.17. The molecule has 1 aromatic rings. The highest BCUT2D eigenvalue weighted by Gasteiger charge is 2.63. The van der Waals surface area contributed by atoms with Crippen LogP contribution in [0.15, 0.2) is 51.7 Å². The van der Waals surface area contributed by atoms with Crippen molar-refractivity contribution >= 4 is 10.0 Å². The van der Waals surface area contributed by atoms with Crippen molar-refractivity contribution < 1.29 is 8.42 Å². The van der Waals surface area contributed by atoms with E-state index < -0.39 is 10.0 Å². The summed E-state index contributed by atoms with van der Waals surface area (Å²) in [6, 6.07) is 6.96. The molecule has 2 bridgehead atoms. The lowest BCUT2D eigenvalue weighted by Crippen LogP contribution is -2.46. The predicted molar refractivity (Wildman–Crippen MR) is 85.0 cm³/mol. The predicted octanol–water partition coefficient (Wildman–Crippen LogP) is 2.95. The summed E-state index contributed by atoms with van der Waals surface area (Å²) in [5.74, 6) is 2.03. The van der Waals surface area contributed by atoms with Crippen molar-refractivity contribution in [3.05, 3.63) is 42.0 Å². The molecule has 0 spiro atoms. The van der Waals surface area contributed by atoms with Gasteiger partial charge in [0.15, 0.2) is 0 Å². The van der Waals surface area contributed by atoms with Crippen molar-refractivity contribution in [3.8, 4) is 0 Å². The third-order valence-corrected chi connectivity index (χ3v) is 7.85. The molecule has 0 amide bonds. The van der Waals surface area contributed by atoms with Crippen LogP contribution in [0.25, 0.3) is 0 Å². The molecule has 0 unspecified atom stereocenters. The van der Waals surface area contributed by atoms with Gasteiger partial charge >= 0.3 is 0 Å². The van der Waals surface area contributed by atoms with Crippen molar-refractivity contribution in [1.82, 2.24) is 4.41 Å². The number of rotatable bonds is 2. The van der Waals surface area contributed by atoms with Gasteiger partial charge in [-0.2, -0.15) is 17.9 Å². The van der Waals surface area contributed by atoms with E-state index in [2.05, 4.69) is 22.5 Å². The Morgan fingerprint density at radius 2 is 1.91 bits per heavy atom. The summed E-state index contributed by atoms with van der Waals surface area (Å²) >= 11 is 0. The fraction of sp³-hybridized carbons (Fsp3) is 0.529. The van der Waals surface area contributed by atoms with Crippen LogP contribution in [0, 0.1) is 30.6 Å². The molecule has 23 heavy (non-hydrogen) atoms. The van der Waals surface area contributed by atoms with Gasteiger partial charge in [-0.1, -0.05) is 35.1 Å². The second-order valence-corrected chi connectivity index (χ2v) is 9.04. The van der Waals surface area contributed by atoms with Crippen LogP contribution in [0.2, 0.25) is 0 Å². The second-order valence-electron chi connectivity index (χ2n) is 7.25. The maximum absolute atomic E-state index is 13.0. The smallest absolute Gasteiger partial charge is 0.200 e. The minimum atomic E-state index is -3.61. The van der Waals surface area contributed by atoms with E-state index in [9.17, 15) is 8.42 Å². The fourth-order valence-electron chi connectivity index (χ4n) is 5.17. The molecule has 5 rings (SSSR count). The van der Waals surface area contributed by atoms with Gasteiger partial charge in [-0.15, -0.1) is 0 Å². The Balaban J connectivity index is 1.51. The number of benzene rings is 1. The Morgan fingerprint density at radius 1 is 1.13 bits per heavy atom. The highest BCUT2D eigenvalue weighted by molar-refractivity contribution is 7.89. The Morgan fingerprint density at radius 3 is 2.70 bits per heavy atom. The summed E-state index contributed by atoms with van der Waals surface area (Å²) in [7, 11) is -3.61. The topological polar surface area (TPSA) is 62.1 Å². The van der Waals surface area contributed by atoms with E-state index in [4.69, 9.17) is 0 Å². The van der Waals surface area contributed by atoms with E-state index in [0.29, 0.717) is 28.6 Å². The molecule has 4 aliphatic rings. The van der Waals surface area contributed by atoms with Crippen LogP contribution in [-0.2, 0) is 10.0 Å². The van der Waals surface area contributed by atoms with Gasteiger partial charge in [-0.05, 0) is 55.6 Å². The summed E-state index contributed by atoms with van der Waals surface area (Å²) in [5.41, 5.74) is 1.05. The van der Waals surface area contributed by atoms with Gasteiger partial charge in [0, 0.05) is 0 Å². The van der Waals surface area contributed by atoms with Crippen LogP contribution in [-0.4, -0.2) is 24.9 Å². The van der Waals surface area contributed by atoms with Crippen molar-refractivity contribution in [2.24, 2.45) is 34.0 Å². The van der Waals surface area contributed by atoms with Gasteiger partial charge in [0.05, 0.1) is 17.0 Å². The molecule has 0 N–H and O–H groups in total. The molecule has 2 saturated carbocycles. The highest BCUT2D eigenvalue weighted by Crippen LogP contribution is 2.60. The minimum absolute atomic E-state index is 0.0456. The molecular weight excluding hydrogens is 310 g/mol. The zero-order chi connectivity index (χ0) is 15.8. The molecule has 6 heteroatoms. The van der Waals surface area contributed by atoms with Crippen molar-refractivity contribution in [1.29, 1.82) is 0 Å². The van der Waals surface area contributed by atoms with E-state index >= 15 is 0 Å². The first-order valence-electron chi connectivity index (χ1n) is 8.26. The van der Waals surface area contributed by atoms with Crippen molar-refractivity contribution in [2.45, 2.75) is 36.7 Å². The Bertz CT molecular complexity index is 815. The maximum Gasteiger partial charge on any atom is 0.280 e. The molecule has 6 atom stereocenters. The van der Waals surface area contributed by atoms with E-state index in [-0.39, 0.29) is 12.1 Å². The van der Waals surface area contributed by atoms with Gasteiger partial charge in [-0.25, -0.2) is 0 Å². The van der Waals surface area contributed by atoms with E-state index in [1.54, 1.807) is 12.1 Å². The lowest BCUT2D eigenvalue weighted by atomic mass is 9.77. The van der Waals surface area contributed by atoms with Gasteiger partial charge < -0.3 is 0 Å². The standard InChI is InChI=1S/C17H19N3O2S/c1-10-5-7-11(8-6-10)23(21,22)20-17-15-9-14(16(17)18-19-20)12-3-2-4-13(12)15/h2-3,5-8,12-17H,4,9H2,1H3/t12-,13+,14-,15-,16+,17-/m0/s1. The molecule has 0 saturated heterocycles. The molecule has 2 fully saturated rings. The number of aryl methyl sites for hydroxylation is 1. The van der Waals surface area contributed by atoms with Crippen molar-refractivity contribution in [3.63, 3.8) is 0 Å². The Hall–Kier alpha value is -1.69. The third kappa shape index (κ3) is 1.70. The fourth-order valence-corrected chi connectivity index (χ4v) is 6.61. The molecule has 1 aromatic carbocycles. The normalized spacial score (nSPS) is 40.0. The van der Waals surface area contributed by atoms with Crippen LogP contribution in [0.1, 0.15) is 18.4 Å². The monoisotopic (exact) mass is 329 g/mol. The SMILES string of the molecule is Cc1ccc(S(=O)(=O)N2N=N[C@@H]3[C@H]4C[C@@H]([C@@H]5CC=C[C@@H]54)[C@@H]32)cc1.